The molecule has 38 heavy (non-hydrogen) atoms. The number of carbonyl (C=O) groups excluding carboxylic acids is 1. The molecule has 6 nitrogen and oxygen atoms in total. The third-order valence-corrected chi connectivity index (χ3v) is 7.65. The number of hydrogen-bond acceptors (Lipinski definition) is 5. The Labute approximate surface area is 218 Å². The van der Waals surface area contributed by atoms with Crippen molar-refractivity contribution in [1.82, 2.24) is 5.32 Å². The molecule has 1 aliphatic heterocycles. The lowest BCUT2D eigenvalue weighted by Gasteiger charge is -2.32. The van der Waals surface area contributed by atoms with Gasteiger partial charge in [-0.15, -0.1) is 24.9 Å². The molecule has 13 heteroatoms. The second kappa shape index (κ2) is 11.0. The molecular weight excluding hydrogens is 540 g/mol. The van der Waals surface area contributed by atoms with Crippen LogP contribution in [0.3, 0.4) is 0 Å². The molecular formula is C25H25F6NO5S. The van der Waals surface area contributed by atoms with Crippen molar-refractivity contribution < 1.29 is 50.5 Å². The van der Waals surface area contributed by atoms with Gasteiger partial charge in [-0.1, -0.05) is 45.1 Å². The summed E-state index contributed by atoms with van der Waals surface area (Å²) in [6, 6.07) is 3.37. The molecule has 3 unspecified atom stereocenters. The minimum Gasteiger partial charge on any atom is -0.491 e. The molecule has 208 valence electrons. The van der Waals surface area contributed by atoms with E-state index in [-0.39, 0.29) is 17.9 Å². The van der Waals surface area contributed by atoms with Crippen molar-refractivity contribution in [3.63, 3.8) is 0 Å². The highest BCUT2D eigenvalue weighted by molar-refractivity contribution is 8.04. The number of halogens is 6. The zero-order chi connectivity index (χ0) is 28.5. The Kier molecular flexibility index (Phi) is 8.49. The van der Waals surface area contributed by atoms with Crippen LogP contribution in [-0.2, 0) is 20.9 Å². The van der Waals surface area contributed by atoms with E-state index in [0.717, 1.165) is 18.2 Å². The van der Waals surface area contributed by atoms with Gasteiger partial charge in [0.05, 0.1) is 15.7 Å². The maximum Gasteiger partial charge on any atom is 0.573 e. The summed E-state index contributed by atoms with van der Waals surface area (Å²) in [6.45, 7) is 4.79. The number of ether oxygens (including phenoxy) is 2. The van der Waals surface area contributed by atoms with Crippen molar-refractivity contribution >= 4 is 23.6 Å². The lowest BCUT2D eigenvalue weighted by Crippen LogP contribution is -2.50. The number of hydrogen-bond donors (Lipinski definition) is 2. The molecule has 1 aromatic carbocycles. The van der Waals surface area contributed by atoms with E-state index >= 15 is 0 Å². The van der Waals surface area contributed by atoms with Crippen LogP contribution in [-0.4, -0.2) is 40.8 Å². The molecule has 0 spiro atoms. The zero-order valence-electron chi connectivity index (χ0n) is 20.4. The molecule has 0 aromatic heterocycles. The number of carboxylic acid groups (broad SMARTS) is 1. The average Bonchev–Trinajstić information content (AvgIpc) is 3.26. The Hall–Kier alpha value is -3.09. The number of thioether (sulfide) groups is 1. The van der Waals surface area contributed by atoms with E-state index in [9.17, 15) is 41.0 Å². The highest BCUT2D eigenvalue weighted by Crippen LogP contribution is 2.50. The van der Waals surface area contributed by atoms with E-state index < -0.39 is 57.7 Å². The summed E-state index contributed by atoms with van der Waals surface area (Å²) in [5, 5.41) is 11.2. The van der Waals surface area contributed by atoms with E-state index in [1.165, 1.54) is 24.3 Å². The SMILES string of the molecule is CCC(C)(C)C(NC(=O)C1=C(OCc2ccc(OC(F)(F)F)cc2)C2SC(C(F)(F)F)=CC2C=C1)C(=O)O. The van der Waals surface area contributed by atoms with Crippen LogP contribution in [0.15, 0.2) is 58.7 Å². The van der Waals surface area contributed by atoms with Gasteiger partial charge < -0.3 is 19.9 Å². The van der Waals surface area contributed by atoms with E-state index in [1.54, 1.807) is 20.8 Å². The van der Waals surface area contributed by atoms with Gasteiger partial charge in [0.25, 0.3) is 5.91 Å². The second-order valence-electron chi connectivity index (χ2n) is 9.35. The molecule has 3 atom stereocenters. The smallest absolute Gasteiger partial charge is 0.491 e. The van der Waals surface area contributed by atoms with E-state index in [0.29, 0.717) is 23.7 Å². The Balaban J connectivity index is 1.89. The Bertz CT molecular complexity index is 1150. The van der Waals surface area contributed by atoms with Crippen LogP contribution in [0.4, 0.5) is 26.3 Å². The summed E-state index contributed by atoms with van der Waals surface area (Å²) in [5.41, 5.74) is -0.608. The van der Waals surface area contributed by atoms with Gasteiger partial charge in [-0.05, 0) is 35.6 Å². The Morgan fingerprint density at radius 3 is 2.26 bits per heavy atom. The predicted molar refractivity (Wildman–Crippen MR) is 127 cm³/mol. The van der Waals surface area contributed by atoms with E-state index in [4.69, 9.17) is 4.74 Å². The van der Waals surface area contributed by atoms with Crippen LogP contribution in [0.5, 0.6) is 5.75 Å². The zero-order valence-corrected chi connectivity index (χ0v) is 21.3. The van der Waals surface area contributed by atoms with Crippen molar-refractivity contribution in [2.75, 3.05) is 0 Å². The van der Waals surface area contributed by atoms with Gasteiger partial charge in [-0.2, -0.15) is 13.2 Å². The van der Waals surface area contributed by atoms with Crippen LogP contribution in [0, 0.1) is 11.3 Å². The number of aliphatic carboxylic acids is 1. The first-order chi connectivity index (χ1) is 17.5. The number of allylic oxidation sites excluding steroid dienone is 3. The van der Waals surface area contributed by atoms with Crippen molar-refractivity contribution in [3.05, 3.63) is 64.3 Å². The lowest BCUT2D eigenvalue weighted by molar-refractivity contribution is -0.274. The van der Waals surface area contributed by atoms with Gasteiger partial charge in [0.1, 0.15) is 24.2 Å². The standard InChI is InChI=1S/C25H25F6NO5S/c1-4-23(2,3)20(22(34)35)32-21(33)16-10-7-14-11-17(24(26,27)28)38-19(14)18(16)36-12-13-5-8-15(9-6-13)37-25(29,30)31/h5-11,14,19-20H,4,12H2,1-3H3,(H,32,33)(H,34,35). The molecule has 1 aliphatic carbocycles. The lowest BCUT2D eigenvalue weighted by atomic mass is 9.81. The number of rotatable bonds is 9. The minimum atomic E-state index is -4.88. The number of amides is 1. The molecule has 1 aromatic rings. The van der Waals surface area contributed by atoms with Crippen LogP contribution >= 0.6 is 11.8 Å². The fraction of sp³-hybridized carbons (Fsp3) is 0.440. The number of benzene rings is 1. The van der Waals surface area contributed by atoms with Crippen LogP contribution in [0.25, 0.3) is 0 Å². The van der Waals surface area contributed by atoms with E-state index in [1.807, 2.05) is 0 Å². The molecule has 1 amide bonds. The highest BCUT2D eigenvalue weighted by atomic mass is 32.2. The predicted octanol–water partition coefficient (Wildman–Crippen LogP) is 6.11. The summed E-state index contributed by atoms with van der Waals surface area (Å²) >= 11 is 0.471. The monoisotopic (exact) mass is 565 g/mol. The first-order valence-corrected chi connectivity index (χ1v) is 12.3. The molecule has 3 rings (SSSR count). The topological polar surface area (TPSA) is 84.9 Å². The summed E-state index contributed by atoms with van der Waals surface area (Å²) in [5.74, 6) is -3.41. The van der Waals surface area contributed by atoms with Gasteiger partial charge in [0, 0.05) is 5.92 Å². The summed E-state index contributed by atoms with van der Waals surface area (Å²) in [6.07, 6.45) is -5.35. The Morgan fingerprint density at radius 2 is 1.74 bits per heavy atom. The number of carboxylic acids is 1. The highest BCUT2D eigenvalue weighted by Gasteiger charge is 2.46. The maximum absolute atomic E-state index is 13.4. The summed E-state index contributed by atoms with van der Waals surface area (Å²) in [4.78, 5) is 24.2. The van der Waals surface area contributed by atoms with Gasteiger partial charge in [0.15, 0.2) is 0 Å². The third kappa shape index (κ3) is 7.06. The van der Waals surface area contributed by atoms with Crippen LogP contribution in [0.2, 0.25) is 0 Å². The molecule has 2 N–H and O–H groups in total. The molecule has 0 radical (unpaired) electrons. The van der Waals surface area contributed by atoms with Gasteiger partial charge in [-0.25, -0.2) is 4.79 Å². The molecule has 0 fully saturated rings. The largest absolute Gasteiger partial charge is 0.573 e. The molecule has 0 bridgehead atoms. The van der Waals surface area contributed by atoms with Gasteiger partial charge in [-0.3, -0.25) is 4.79 Å². The summed E-state index contributed by atoms with van der Waals surface area (Å²) in [7, 11) is 0. The van der Waals surface area contributed by atoms with Gasteiger partial charge in [0.2, 0.25) is 0 Å². The third-order valence-electron chi connectivity index (χ3n) is 6.25. The first-order valence-electron chi connectivity index (χ1n) is 11.4. The van der Waals surface area contributed by atoms with Crippen molar-refractivity contribution in [2.24, 2.45) is 11.3 Å². The van der Waals surface area contributed by atoms with Crippen molar-refractivity contribution in [1.29, 1.82) is 0 Å². The van der Waals surface area contributed by atoms with Crippen molar-refractivity contribution in [2.45, 2.75) is 57.6 Å². The maximum atomic E-state index is 13.4. The molecule has 1 heterocycles. The first kappa shape index (κ1) is 29.5. The molecule has 0 saturated carbocycles. The number of alkyl halides is 6. The van der Waals surface area contributed by atoms with Crippen LogP contribution in [0.1, 0.15) is 32.8 Å². The van der Waals surface area contributed by atoms with Crippen LogP contribution < -0.4 is 10.1 Å². The second-order valence-corrected chi connectivity index (χ2v) is 10.5. The number of nitrogens with one attached hydrogen (secondary N) is 1. The quantitative estimate of drug-likeness (QED) is 0.352. The van der Waals surface area contributed by atoms with Crippen molar-refractivity contribution in [3.8, 4) is 5.75 Å². The fourth-order valence-electron chi connectivity index (χ4n) is 3.81. The fourth-order valence-corrected chi connectivity index (χ4v) is 5.08. The number of fused-ring (bicyclic) bond motifs is 1. The normalized spacial score (nSPS) is 20.5. The Morgan fingerprint density at radius 1 is 1.11 bits per heavy atom. The molecule has 0 saturated heterocycles. The average molecular weight is 566 g/mol. The minimum absolute atomic E-state index is 0.0930. The van der Waals surface area contributed by atoms with Gasteiger partial charge >= 0.3 is 18.5 Å². The molecule has 2 aliphatic rings. The van der Waals surface area contributed by atoms with E-state index in [2.05, 4.69) is 10.1 Å². The number of carbonyl (C=O) groups is 2. The summed E-state index contributed by atoms with van der Waals surface area (Å²) < 4.78 is 87.1.